The normalized spacial score (nSPS) is 21.4. The molecule has 1 heterocycles. The number of fused-ring (bicyclic) bond motifs is 1. The molecule has 1 aliphatic heterocycles. The number of hydrogen-bond acceptors (Lipinski definition) is 6. The lowest BCUT2D eigenvalue weighted by Crippen LogP contribution is -2.45. The first-order valence-electron chi connectivity index (χ1n) is 9.31. The summed E-state index contributed by atoms with van der Waals surface area (Å²) in [5.41, 5.74) is -0.0200. The number of ether oxygens (including phenoxy) is 2. The summed E-state index contributed by atoms with van der Waals surface area (Å²) in [5, 5.41) is 2.31. The average Bonchev–Trinajstić information content (AvgIpc) is 2.97. The fraction of sp³-hybridized carbons (Fsp3) is 0.400. The van der Waals surface area contributed by atoms with Gasteiger partial charge in [-0.25, -0.2) is 4.79 Å². The Kier molecular flexibility index (Phi) is 6.43. The molecular formula is C20H20F2N2O6. The van der Waals surface area contributed by atoms with Gasteiger partial charge in [0.15, 0.2) is 6.61 Å². The van der Waals surface area contributed by atoms with Crippen molar-refractivity contribution in [3.8, 4) is 5.75 Å². The van der Waals surface area contributed by atoms with Crippen LogP contribution in [0.15, 0.2) is 36.4 Å². The van der Waals surface area contributed by atoms with E-state index in [1.165, 1.54) is 31.2 Å². The fourth-order valence-corrected chi connectivity index (χ4v) is 3.53. The summed E-state index contributed by atoms with van der Waals surface area (Å²) in [6.45, 7) is -2.44. The van der Waals surface area contributed by atoms with Crippen molar-refractivity contribution in [2.75, 3.05) is 11.9 Å². The van der Waals surface area contributed by atoms with Gasteiger partial charge >= 0.3 is 12.6 Å². The molecule has 1 aliphatic carbocycles. The van der Waals surface area contributed by atoms with Crippen LogP contribution in [-0.4, -0.2) is 47.9 Å². The van der Waals surface area contributed by atoms with E-state index >= 15 is 0 Å². The van der Waals surface area contributed by atoms with Crippen molar-refractivity contribution in [3.63, 3.8) is 0 Å². The first-order chi connectivity index (χ1) is 14.3. The molecule has 1 N–H and O–H groups in total. The summed E-state index contributed by atoms with van der Waals surface area (Å²) in [6, 6.07) is 4.36. The Morgan fingerprint density at radius 1 is 1.13 bits per heavy atom. The third kappa shape index (κ3) is 4.47. The molecule has 160 valence electrons. The first-order valence-corrected chi connectivity index (χ1v) is 9.31. The van der Waals surface area contributed by atoms with Gasteiger partial charge in [0.25, 0.3) is 5.91 Å². The Balaban J connectivity index is 1.56. The van der Waals surface area contributed by atoms with Crippen molar-refractivity contribution < 1.29 is 37.4 Å². The summed E-state index contributed by atoms with van der Waals surface area (Å²) in [7, 11) is 0. The number of carbonyl (C=O) groups excluding carboxylic acids is 4. The molecule has 3 atom stereocenters. The molecule has 0 bridgehead atoms. The van der Waals surface area contributed by atoms with E-state index in [9.17, 15) is 28.0 Å². The number of allylic oxidation sites excluding steroid dienone is 2. The lowest BCUT2D eigenvalue weighted by molar-refractivity contribution is -0.159. The molecule has 3 rings (SSSR count). The number of esters is 1. The minimum atomic E-state index is -3.07. The maximum atomic E-state index is 12.5. The molecular weight excluding hydrogens is 402 g/mol. The lowest BCUT2D eigenvalue weighted by atomic mass is 9.85. The zero-order valence-corrected chi connectivity index (χ0v) is 16.0. The number of benzene rings is 1. The highest BCUT2D eigenvalue weighted by Gasteiger charge is 2.50. The molecule has 0 unspecified atom stereocenters. The number of anilines is 1. The molecule has 8 nitrogen and oxygen atoms in total. The standard InChI is InChI=1S/C20H20F2N2O6/c1-11(24-17(26)12-6-2-3-7-13(12)18(24)27)19(28)29-10-16(25)23-14-8-4-5-9-15(14)30-20(21)22/h2-5,8-9,11-13,20H,6-7,10H2,1H3,(H,23,25)/t11-,12-,13-/m0/s1. The van der Waals surface area contributed by atoms with E-state index in [-0.39, 0.29) is 11.4 Å². The first kappa shape index (κ1) is 21.4. The number of hydrogen-bond donors (Lipinski definition) is 1. The van der Waals surface area contributed by atoms with E-state index in [0.29, 0.717) is 12.8 Å². The summed E-state index contributed by atoms with van der Waals surface area (Å²) in [5.74, 6) is -3.78. The van der Waals surface area contributed by atoms with Crippen molar-refractivity contribution in [2.24, 2.45) is 11.8 Å². The van der Waals surface area contributed by atoms with Crippen molar-refractivity contribution in [1.29, 1.82) is 0 Å². The molecule has 3 amide bonds. The summed E-state index contributed by atoms with van der Waals surface area (Å²) >= 11 is 0. The highest BCUT2D eigenvalue weighted by Crippen LogP contribution is 2.36. The van der Waals surface area contributed by atoms with Gasteiger partial charge in [-0.2, -0.15) is 8.78 Å². The van der Waals surface area contributed by atoms with Crippen LogP contribution >= 0.6 is 0 Å². The van der Waals surface area contributed by atoms with Crippen molar-refractivity contribution in [3.05, 3.63) is 36.4 Å². The maximum absolute atomic E-state index is 12.5. The minimum Gasteiger partial charge on any atom is -0.454 e. The van der Waals surface area contributed by atoms with E-state index in [4.69, 9.17) is 4.74 Å². The predicted molar refractivity (Wildman–Crippen MR) is 99.3 cm³/mol. The topological polar surface area (TPSA) is 102 Å². The quantitative estimate of drug-likeness (QED) is 0.410. The van der Waals surface area contributed by atoms with Crippen molar-refractivity contribution in [1.82, 2.24) is 4.90 Å². The maximum Gasteiger partial charge on any atom is 0.387 e. The number of amides is 3. The van der Waals surface area contributed by atoms with E-state index < -0.39 is 54.8 Å². The SMILES string of the molecule is C[C@@H](C(=O)OCC(=O)Nc1ccccc1OC(F)F)N1C(=O)[C@H]2CC=CC[C@@H]2C1=O. The van der Waals surface area contributed by atoms with E-state index in [1.54, 1.807) is 0 Å². The highest BCUT2D eigenvalue weighted by atomic mass is 19.3. The number of nitrogens with zero attached hydrogens (tertiary/aromatic N) is 1. The third-order valence-electron chi connectivity index (χ3n) is 4.99. The number of carbonyl (C=O) groups is 4. The van der Waals surface area contributed by atoms with Crippen LogP contribution < -0.4 is 10.1 Å². The molecule has 1 saturated heterocycles. The van der Waals surface area contributed by atoms with Gasteiger partial charge in [-0.3, -0.25) is 19.3 Å². The molecule has 1 aromatic carbocycles. The number of para-hydroxylation sites is 2. The molecule has 10 heteroatoms. The van der Waals surface area contributed by atoms with Gasteiger partial charge in [-0.15, -0.1) is 0 Å². The van der Waals surface area contributed by atoms with Crippen LogP contribution in [0.1, 0.15) is 19.8 Å². The van der Waals surface area contributed by atoms with Crippen molar-refractivity contribution >= 4 is 29.4 Å². The van der Waals surface area contributed by atoms with Crippen LogP contribution in [0.2, 0.25) is 0 Å². The monoisotopic (exact) mass is 422 g/mol. The second-order valence-electron chi connectivity index (χ2n) is 6.91. The molecule has 2 aliphatic rings. The Labute approximate surface area is 170 Å². The summed E-state index contributed by atoms with van der Waals surface area (Å²) < 4.78 is 34.1. The fourth-order valence-electron chi connectivity index (χ4n) is 3.53. The molecule has 0 spiro atoms. The zero-order valence-electron chi connectivity index (χ0n) is 16.0. The van der Waals surface area contributed by atoms with Crippen LogP contribution in [0.25, 0.3) is 0 Å². The minimum absolute atomic E-state index is 0.0200. The Morgan fingerprint density at radius 2 is 1.73 bits per heavy atom. The Hall–Kier alpha value is -3.30. The highest BCUT2D eigenvalue weighted by molar-refractivity contribution is 6.08. The predicted octanol–water partition coefficient (Wildman–Crippen LogP) is 2.11. The van der Waals surface area contributed by atoms with Gasteiger partial charge in [-0.1, -0.05) is 24.3 Å². The zero-order chi connectivity index (χ0) is 21.8. The molecule has 1 fully saturated rings. The smallest absolute Gasteiger partial charge is 0.387 e. The van der Waals surface area contributed by atoms with Gasteiger partial charge in [0.05, 0.1) is 17.5 Å². The van der Waals surface area contributed by atoms with Gasteiger partial charge in [0.2, 0.25) is 11.8 Å². The van der Waals surface area contributed by atoms with Crippen LogP contribution in [0.4, 0.5) is 14.5 Å². The summed E-state index contributed by atoms with van der Waals surface area (Å²) in [4.78, 5) is 50.3. The van der Waals surface area contributed by atoms with Gasteiger partial charge in [-0.05, 0) is 31.9 Å². The van der Waals surface area contributed by atoms with Crippen LogP contribution in [0.5, 0.6) is 5.75 Å². The van der Waals surface area contributed by atoms with E-state index in [2.05, 4.69) is 10.1 Å². The van der Waals surface area contributed by atoms with E-state index in [0.717, 1.165) is 4.90 Å². The van der Waals surface area contributed by atoms with Crippen LogP contribution in [0.3, 0.4) is 0 Å². The Bertz CT molecular complexity index is 862. The molecule has 1 aromatic rings. The molecule has 0 saturated carbocycles. The second kappa shape index (κ2) is 9.02. The molecule has 0 aromatic heterocycles. The molecule has 30 heavy (non-hydrogen) atoms. The van der Waals surface area contributed by atoms with Gasteiger partial charge in [0, 0.05) is 0 Å². The van der Waals surface area contributed by atoms with Gasteiger partial charge in [0.1, 0.15) is 11.8 Å². The third-order valence-corrected chi connectivity index (χ3v) is 4.99. The second-order valence-corrected chi connectivity index (χ2v) is 6.91. The number of halogens is 2. The number of likely N-dealkylation sites (tertiary alicyclic amines) is 1. The largest absolute Gasteiger partial charge is 0.454 e. The number of rotatable bonds is 7. The van der Waals surface area contributed by atoms with Gasteiger partial charge < -0.3 is 14.8 Å². The Morgan fingerprint density at radius 3 is 2.33 bits per heavy atom. The van der Waals surface area contributed by atoms with Crippen molar-refractivity contribution in [2.45, 2.75) is 32.4 Å². The van der Waals surface area contributed by atoms with Crippen LogP contribution in [0, 0.1) is 11.8 Å². The lowest BCUT2D eigenvalue weighted by Gasteiger charge is -2.21. The van der Waals surface area contributed by atoms with E-state index in [1.807, 2.05) is 12.2 Å². The number of imide groups is 1. The average molecular weight is 422 g/mol. The number of alkyl halides is 2. The molecule has 0 radical (unpaired) electrons. The van der Waals surface area contributed by atoms with Crippen LogP contribution in [-0.2, 0) is 23.9 Å². The number of nitrogens with one attached hydrogen (secondary N) is 1. The summed E-state index contributed by atoms with van der Waals surface area (Å²) in [6.07, 6.45) is 4.55.